The minimum absolute atomic E-state index is 0.737. The molecule has 5 unspecified atom stereocenters. The highest BCUT2D eigenvalue weighted by atomic mass is 15.3. The Hall–Kier alpha value is -0.0800. The summed E-state index contributed by atoms with van der Waals surface area (Å²) in [6.45, 7) is 9.86. The van der Waals surface area contributed by atoms with Gasteiger partial charge in [0.05, 0.1) is 0 Å². The molecule has 0 aromatic heterocycles. The molecular formula is C16H30N2. The molecule has 1 aliphatic heterocycles. The van der Waals surface area contributed by atoms with E-state index in [1.54, 1.807) is 0 Å². The number of hydrogen-bond donors (Lipinski definition) is 1. The summed E-state index contributed by atoms with van der Waals surface area (Å²) in [6.07, 6.45) is 7.26. The highest BCUT2D eigenvalue weighted by Crippen LogP contribution is 2.37. The highest BCUT2D eigenvalue weighted by Gasteiger charge is 2.40. The number of nitrogens with one attached hydrogen (secondary N) is 1. The number of rotatable bonds is 2. The van der Waals surface area contributed by atoms with Crippen molar-refractivity contribution in [1.82, 2.24) is 10.2 Å². The molecule has 1 heterocycles. The minimum Gasteiger partial charge on any atom is -0.311 e. The lowest BCUT2D eigenvalue weighted by atomic mass is 9.78. The van der Waals surface area contributed by atoms with E-state index in [9.17, 15) is 0 Å². The fourth-order valence-electron chi connectivity index (χ4n) is 4.33. The summed E-state index contributed by atoms with van der Waals surface area (Å²) < 4.78 is 0. The fraction of sp³-hybridized carbons (Fsp3) is 1.00. The van der Waals surface area contributed by atoms with E-state index in [0.717, 1.165) is 35.9 Å². The average Bonchev–Trinajstić information content (AvgIpc) is 3.14. The Morgan fingerprint density at radius 1 is 1.00 bits per heavy atom. The van der Waals surface area contributed by atoms with Crippen LogP contribution in [0.2, 0.25) is 0 Å². The fourth-order valence-corrected chi connectivity index (χ4v) is 4.33. The zero-order chi connectivity index (χ0) is 12.7. The lowest BCUT2D eigenvalue weighted by Crippen LogP contribution is -2.60. The van der Waals surface area contributed by atoms with E-state index >= 15 is 0 Å². The van der Waals surface area contributed by atoms with Gasteiger partial charge in [-0.25, -0.2) is 0 Å². The summed E-state index contributed by atoms with van der Waals surface area (Å²) in [4.78, 5) is 2.86. The van der Waals surface area contributed by atoms with Crippen LogP contribution in [0.5, 0.6) is 0 Å². The second-order valence-corrected chi connectivity index (χ2v) is 7.36. The first-order chi connectivity index (χ1) is 8.65. The second kappa shape index (κ2) is 5.13. The third kappa shape index (κ3) is 2.60. The summed E-state index contributed by atoms with van der Waals surface area (Å²) in [5.41, 5.74) is 0. The maximum Gasteiger partial charge on any atom is 0.0224 e. The lowest BCUT2D eigenvalue weighted by Gasteiger charge is -2.48. The number of hydrogen-bond acceptors (Lipinski definition) is 2. The van der Waals surface area contributed by atoms with Crippen molar-refractivity contribution in [2.45, 2.75) is 71.0 Å². The topological polar surface area (TPSA) is 15.3 Å². The number of nitrogens with zero attached hydrogens (tertiary/aromatic N) is 1. The van der Waals surface area contributed by atoms with Crippen LogP contribution in [0, 0.1) is 17.8 Å². The molecule has 18 heavy (non-hydrogen) atoms. The molecule has 5 atom stereocenters. The predicted octanol–water partition coefficient (Wildman–Crippen LogP) is 2.88. The summed E-state index contributed by atoms with van der Waals surface area (Å²) in [5, 5.41) is 3.78. The van der Waals surface area contributed by atoms with E-state index in [0.29, 0.717) is 0 Å². The van der Waals surface area contributed by atoms with Gasteiger partial charge in [-0.15, -0.1) is 0 Å². The molecule has 0 aromatic carbocycles. The monoisotopic (exact) mass is 250 g/mol. The van der Waals surface area contributed by atoms with E-state index in [2.05, 4.69) is 31.0 Å². The molecule has 1 saturated heterocycles. The molecule has 0 spiro atoms. The Labute approximate surface area is 113 Å². The van der Waals surface area contributed by atoms with Gasteiger partial charge in [0.2, 0.25) is 0 Å². The predicted molar refractivity (Wildman–Crippen MR) is 76.6 cm³/mol. The van der Waals surface area contributed by atoms with Crippen LogP contribution in [0.15, 0.2) is 0 Å². The van der Waals surface area contributed by atoms with Crippen LogP contribution in [-0.4, -0.2) is 36.1 Å². The van der Waals surface area contributed by atoms with Crippen molar-refractivity contribution in [3.63, 3.8) is 0 Å². The van der Waals surface area contributed by atoms with Gasteiger partial charge in [-0.3, -0.25) is 4.90 Å². The van der Waals surface area contributed by atoms with E-state index in [1.165, 1.54) is 45.2 Å². The van der Waals surface area contributed by atoms with Crippen molar-refractivity contribution in [1.29, 1.82) is 0 Å². The molecule has 104 valence electrons. The van der Waals surface area contributed by atoms with Crippen LogP contribution < -0.4 is 5.32 Å². The lowest BCUT2D eigenvalue weighted by molar-refractivity contribution is 0.0290. The van der Waals surface area contributed by atoms with Crippen LogP contribution in [0.4, 0.5) is 0 Å². The first kappa shape index (κ1) is 12.9. The Balaban J connectivity index is 1.64. The molecule has 3 rings (SSSR count). The van der Waals surface area contributed by atoms with Crippen molar-refractivity contribution >= 4 is 0 Å². The number of piperazine rings is 1. The summed E-state index contributed by atoms with van der Waals surface area (Å²) in [6, 6.07) is 2.40. The first-order valence-corrected chi connectivity index (χ1v) is 8.14. The maximum atomic E-state index is 3.78. The Morgan fingerprint density at radius 2 is 1.78 bits per heavy atom. The Bertz CT molecular complexity index is 287. The van der Waals surface area contributed by atoms with Crippen molar-refractivity contribution < 1.29 is 0 Å². The van der Waals surface area contributed by atoms with Crippen LogP contribution >= 0.6 is 0 Å². The van der Waals surface area contributed by atoms with Gasteiger partial charge in [0.25, 0.3) is 0 Å². The van der Waals surface area contributed by atoms with Gasteiger partial charge in [0, 0.05) is 31.2 Å². The van der Waals surface area contributed by atoms with E-state index < -0.39 is 0 Å². The smallest absolute Gasteiger partial charge is 0.0224 e. The molecule has 2 nitrogen and oxygen atoms in total. The van der Waals surface area contributed by atoms with Crippen molar-refractivity contribution in [3.8, 4) is 0 Å². The molecule has 3 fully saturated rings. The van der Waals surface area contributed by atoms with E-state index in [-0.39, 0.29) is 0 Å². The Kier molecular flexibility index (Phi) is 3.68. The van der Waals surface area contributed by atoms with Gasteiger partial charge < -0.3 is 5.32 Å². The molecule has 0 amide bonds. The van der Waals surface area contributed by atoms with Gasteiger partial charge in [0.15, 0.2) is 0 Å². The zero-order valence-electron chi connectivity index (χ0n) is 12.4. The largest absolute Gasteiger partial charge is 0.311 e. The van der Waals surface area contributed by atoms with Gasteiger partial charge in [0.1, 0.15) is 0 Å². The van der Waals surface area contributed by atoms with E-state index in [1.807, 2.05) is 0 Å². The van der Waals surface area contributed by atoms with Crippen LogP contribution in [0.25, 0.3) is 0 Å². The Morgan fingerprint density at radius 3 is 2.44 bits per heavy atom. The highest BCUT2D eigenvalue weighted by molar-refractivity contribution is 4.97. The van der Waals surface area contributed by atoms with Crippen molar-refractivity contribution in [3.05, 3.63) is 0 Å². The minimum atomic E-state index is 0.737. The SMILES string of the molecule is CC1CCC(N2CC(C3CC3)NCC2C)C(C)C1. The molecule has 2 heteroatoms. The maximum absolute atomic E-state index is 3.78. The third-order valence-electron chi connectivity index (χ3n) is 5.65. The van der Waals surface area contributed by atoms with Crippen LogP contribution in [-0.2, 0) is 0 Å². The molecule has 3 aliphatic rings. The van der Waals surface area contributed by atoms with Gasteiger partial charge in [-0.2, -0.15) is 0 Å². The summed E-state index contributed by atoms with van der Waals surface area (Å²) in [5.74, 6) is 2.85. The summed E-state index contributed by atoms with van der Waals surface area (Å²) in [7, 11) is 0. The molecule has 0 bridgehead atoms. The standard InChI is InChI=1S/C16H30N2/c1-11-4-7-16(12(2)8-11)18-10-15(14-5-6-14)17-9-13(18)3/h11-17H,4-10H2,1-3H3. The average molecular weight is 250 g/mol. The van der Waals surface area contributed by atoms with Gasteiger partial charge >= 0.3 is 0 Å². The van der Waals surface area contributed by atoms with Crippen molar-refractivity contribution in [2.24, 2.45) is 17.8 Å². The zero-order valence-corrected chi connectivity index (χ0v) is 12.4. The molecular weight excluding hydrogens is 220 g/mol. The third-order valence-corrected chi connectivity index (χ3v) is 5.65. The molecule has 0 aromatic rings. The summed E-state index contributed by atoms with van der Waals surface area (Å²) >= 11 is 0. The van der Waals surface area contributed by atoms with Crippen LogP contribution in [0.1, 0.15) is 52.9 Å². The van der Waals surface area contributed by atoms with Gasteiger partial charge in [-0.1, -0.05) is 13.8 Å². The quantitative estimate of drug-likeness (QED) is 0.811. The molecule has 2 aliphatic carbocycles. The van der Waals surface area contributed by atoms with Gasteiger partial charge in [-0.05, 0) is 56.8 Å². The normalized spacial score (nSPS) is 47.2. The molecule has 2 saturated carbocycles. The second-order valence-electron chi connectivity index (χ2n) is 7.36. The van der Waals surface area contributed by atoms with Crippen LogP contribution in [0.3, 0.4) is 0 Å². The first-order valence-electron chi connectivity index (χ1n) is 8.14. The van der Waals surface area contributed by atoms with Crippen molar-refractivity contribution in [2.75, 3.05) is 13.1 Å². The molecule has 0 radical (unpaired) electrons. The van der Waals surface area contributed by atoms with E-state index in [4.69, 9.17) is 0 Å². The molecule has 1 N–H and O–H groups in total.